The molecule has 4 saturated carbocycles. The summed E-state index contributed by atoms with van der Waals surface area (Å²) in [6, 6.07) is 11.5. The van der Waals surface area contributed by atoms with Crippen LogP contribution in [0.2, 0.25) is 0 Å². The van der Waals surface area contributed by atoms with Gasteiger partial charge in [-0.2, -0.15) is 0 Å². The molecule has 2 aromatic rings. The fourth-order valence-electron chi connectivity index (χ4n) is 13.8. The van der Waals surface area contributed by atoms with Crippen molar-refractivity contribution in [2.45, 2.75) is 174 Å². The van der Waals surface area contributed by atoms with Crippen LogP contribution in [0.5, 0.6) is 0 Å². The van der Waals surface area contributed by atoms with E-state index in [0.29, 0.717) is 79.1 Å². The fourth-order valence-corrected chi connectivity index (χ4v) is 13.8. The zero-order valence-electron chi connectivity index (χ0n) is 41.3. The molecule has 1 amide bonds. The van der Waals surface area contributed by atoms with Gasteiger partial charge < -0.3 is 42.0 Å². The quantitative estimate of drug-likeness (QED) is 0.0369. The van der Waals surface area contributed by atoms with Gasteiger partial charge in [-0.3, -0.25) is 9.59 Å². The smallest absolute Gasteiger partial charge is 0.223 e. The molecule has 8 N–H and O–H groups in total. The van der Waals surface area contributed by atoms with E-state index in [-0.39, 0.29) is 47.6 Å². The number of benzene rings is 2. The Bertz CT molecular complexity index is 1780. The van der Waals surface area contributed by atoms with Crippen LogP contribution in [-0.2, 0) is 19.0 Å². The van der Waals surface area contributed by atoms with Gasteiger partial charge in [0.2, 0.25) is 5.91 Å². The van der Waals surface area contributed by atoms with Crippen molar-refractivity contribution in [1.29, 1.82) is 0 Å². The van der Waals surface area contributed by atoms with E-state index in [9.17, 15) is 9.59 Å². The number of ether oxygens (including phenoxy) is 3. The molecule has 0 heterocycles. The minimum Gasteiger partial charge on any atom is -0.399 e. The number of hydrogen-bond donors (Lipinski definition) is 4. The lowest BCUT2D eigenvalue weighted by Crippen LogP contribution is -2.63. The van der Waals surface area contributed by atoms with Crippen molar-refractivity contribution in [1.82, 2.24) is 4.90 Å². The lowest BCUT2D eigenvalue weighted by Gasteiger charge is -2.65. The predicted molar refractivity (Wildman–Crippen MR) is 266 cm³/mol. The van der Waals surface area contributed by atoms with E-state index in [2.05, 4.69) is 32.6 Å². The molecule has 10 heteroatoms. The summed E-state index contributed by atoms with van der Waals surface area (Å²) in [5.41, 5.74) is 25.5. The van der Waals surface area contributed by atoms with Gasteiger partial charge in [-0.15, -0.1) is 0 Å². The molecule has 6 rings (SSSR count). The third kappa shape index (κ3) is 12.7. The normalized spacial score (nSPS) is 30.1. The Morgan fingerprint density at radius 1 is 0.738 bits per heavy atom. The number of fused-ring (bicyclic) bond motifs is 6. The summed E-state index contributed by atoms with van der Waals surface area (Å²) in [5.74, 6) is 3.27. The molecule has 366 valence electrons. The topological polar surface area (TPSA) is 169 Å². The van der Waals surface area contributed by atoms with Crippen molar-refractivity contribution < 1.29 is 23.8 Å². The van der Waals surface area contributed by atoms with Crippen LogP contribution in [0.25, 0.3) is 10.8 Å². The van der Waals surface area contributed by atoms with E-state index < -0.39 is 0 Å². The number of anilines is 1. The maximum Gasteiger partial charge on any atom is 0.223 e. The van der Waals surface area contributed by atoms with Gasteiger partial charge in [0.15, 0.2) is 5.78 Å². The average Bonchev–Trinajstić information content (AvgIpc) is 3.66. The molecule has 4 fully saturated rings. The summed E-state index contributed by atoms with van der Waals surface area (Å²) in [4.78, 5) is 29.5. The summed E-state index contributed by atoms with van der Waals surface area (Å²) in [6.45, 7) is 15.6. The van der Waals surface area contributed by atoms with Gasteiger partial charge in [-0.1, -0.05) is 78.0 Å². The number of carbonyl (C=O) groups is 2. The lowest BCUT2D eigenvalue weighted by molar-refractivity contribution is -0.227. The fraction of sp³-hybridized carbons (Fsp3) is 0.782. The Hall–Kier alpha value is -2.60. The second-order valence-electron chi connectivity index (χ2n) is 21.5. The summed E-state index contributed by atoms with van der Waals surface area (Å²) in [6.07, 6.45) is 21.0. The third-order valence-electron chi connectivity index (χ3n) is 17.5. The second kappa shape index (κ2) is 25.1. The number of nitrogens with two attached hydrogens (primary N) is 4. The molecule has 0 saturated heterocycles. The molecule has 4 aliphatic carbocycles. The molecule has 0 aromatic heterocycles. The highest BCUT2D eigenvalue weighted by atomic mass is 16.5. The van der Waals surface area contributed by atoms with Gasteiger partial charge in [0.1, 0.15) is 0 Å². The average molecular weight is 902 g/mol. The molecule has 0 radical (unpaired) electrons. The van der Waals surface area contributed by atoms with Gasteiger partial charge in [0.05, 0.1) is 18.3 Å². The van der Waals surface area contributed by atoms with Crippen molar-refractivity contribution in [2.75, 3.05) is 58.3 Å². The Morgan fingerprint density at radius 2 is 1.42 bits per heavy atom. The van der Waals surface area contributed by atoms with Crippen LogP contribution in [0, 0.1) is 46.3 Å². The van der Waals surface area contributed by atoms with Crippen molar-refractivity contribution >= 4 is 28.2 Å². The molecule has 0 spiro atoms. The number of carbonyl (C=O) groups excluding carboxylic acids is 2. The molecule has 4 aliphatic rings. The van der Waals surface area contributed by atoms with Crippen LogP contribution < -0.4 is 22.9 Å². The van der Waals surface area contributed by atoms with Crippen molar-refractivity contribution in [3.8, 4) is 0 Å². The van der Waals surface area contributed by atoms with Crippen molar-refractivity contribution in [2.24, 2.45) is 63.5 Å². The monoisotopic (exact) mass is 902 g/mol. The zero-order valence-corrected chi connectivity index (χ0v) is 41.3. The standard InChI is InChI=1S/C55H91N5O5/c1-5-6-7-8-9-10-29-60(52(62)23-22-49(61)42-17-16-41-35-44(59)19-18-40(41)34-42)30-11-15-39(2)46-20-21-47-53-48(38-51(55(46,47)4)65-33-14-28-58)54(3)25-24-45(63-31-12-26-56)36-43(54)37-50(53)64-32-13-27-57/h16-19,34-35,39,43,45-48,50-51,53H,5-15,20-33,36-38,56-59H2,1-4H3/t39?,43?,45-,46?,47+,48+,50-,51+,53?,54?,55?/m1/s1. The van der Waals surface area contributed by atoms with Gasteiger partial charge in [0.25, 0.3) is 0 Å². The van der Waals surface area contributed by atoms with Crippen LogP contribution in [-0.4, -0.2) is 87.4 Å². The number of amides is 1. The number of unbranched alkanes of at least 4 members (excludes halogenated alkanes) is 5. The van der Waals surface area contributed by atoms with Gasteiger partial charge >= 0.3 is 0 Å². The highest BCUT2D eigenvalue weighted by Gasteiger charge is 2.66. The number of Topliss-reactive ketones (excluding diaryl/α,β-unsaturated/α-hetero) is 1. The molecule has 10 nitrogen and oxygen atoms in total. The highest BCUT2D eigenvalue weighted by molar-refractivity contribution is 6.01. The first-order valence-electron chi connectivity index (χ1n) is 26.5. The van der Waals surface area contributed by atoms with Crippen LogP contribution in [0.4, 0.5) is 5.69 Å². The van der Waals surface area contributed by atoms with Gasteiger partial charge in [-0.05, 0) is 173 Å². The minimum absolute atomic E-state index is 0.0155. The van der Waals surface area contributed by atoms with E-state index >= 15 is 0 Å². The lowest BCUT2D eigenvalue weighted by atomic mass is 9.43. The number of ketones is 1. The Kier molecular flexibility index (Phi) is 20.0. The summed E-state index contributed by atoms with van der Waals surface area (Å²) < 4.78 is 20.5. The van der Waals surface area contributed by atoms with Crippen molar-refractivity contribution in [3.63, 3.8) is 0 Å². The molecule has 0 bridgehead atoms. The minimum atomic E-state index is 0.0155. The Morgan fingerprint density at radius 3 is 2.17 bits per heavy atom. The largest absolute Gasteiger partial charge is 0.399 e. The van der Waals surface area contributed by atoms with E-state index in [1.54, 1.807) is 0 Å². The maximum atomic E-state index is 14.0. The zero-order chi connectivity index (χ0) is 46.4. The van der Waals surface area contributed by atoms with Crippen LogP contribution >= 0.6 is 0 Å². The Labute approximate surface area is 393 Å². The highest BCUT2D eigenvalue weighted by Crippen LogP contribution is 2.69. The molecule has 6 unspecified atom stereocenters. The van der Waals surface area contributed by atoms with Gasteiger partial charge in [-0.25, -0.2) is 0 Å². The number of rotatable bonds is 28. The van der Waals surface area contributed by atoms with Crippen LogP contribution in [0.3, 0.4) is 0 Å². The third-order valence-corrected chi connectivity index (χ3v) is 17.5. The SMILES string of the molecule is CCCCCCCCN(CCCC(C)C1CC[C@H]2C3[C@H](OCCCN)CC4C[C@H](OCCCN)CCC4(C)[C@H]3C[C@H](OCCCN)C12C)C(=O)CCC(=O)c1ccc2cc(N)ccc2c1. The molecular weight excluding hydrogens is 811 g/mol. The van der Waals surface area contributed by atoms with E-state index in [0.717, 1.165) is 108 Å². The first-order chi connectivity index (χ1) is 31.5. The predicted octanol–water partition coefficient (Wildman–Crippen LogP) is 10.1. The maximum absolute atomic E-state index is 14.0. The number of nitrogen functional groups attached to an aromatic ring is 1. The van der Waals surface area contributed by atoms with E-state index in [4.69, 9.17) is 37.1 Å². The molecule has 2 aromatic carbocycles. The Balaban J connectivity index is 1.14. The molecular formula is C55H91N5O5. The summed E-state index contributed by atoms with van der Waals surface area (Å²) >= 11 is 0. The first kappa shape index (κ1) is 51.8. The second-order valence-corrected chi connectivity index (χ2v) is 21.5. The summed E-state index contributed by atoms with van der Waals surface area (Å²) in [7, 11) is 0. The first-order valence-corrected chi connectivity index (χ1v) is 26.5. The van der Waals surface area contributed by atoms with Crippen LogP contribution in [0.15, 0.2) is 36.4 Å². The summed E-state index contributed by atoms with van der Waals surface area (Å²) in [5, 5.41) is 2.00. The van der Waals surface area contributed by atoms with E-state index in [1.165, 1.54) is 44.9 Å². The van der Waals surface area contributed by atoms with Crippen LogP contribution in [0.1, 0.15) is 166 Å². The number of hydrogen-bond acceptors (Lipinski definition) is 9. The van der Waals surface area contributed by atoms with E-state index in [1.807, 2.05) is 36.4 Å². The molecule has 65 heavy (non-hydrogen) atoms. The number of nitrogens with zero attached hydrogens (tertiary/aromatic N) is 1. The van der Waals surface area contributed by atoms with Gasteiger partial charge in [0, 0.05) is 62.4 Å². The van der Waals surface area contributed by atoms with Crippen molar-refractivity contribution in [3.05, 3.63) is 42.0 Å². The molecule has 11 atom stereocenters. The molecule has 0 aliphatic heterocycles.